The third kappa shape index (κ3) is 5.68. The van der Waals surface area contributed by atoms with Crippen molar-refractivity contribution < 1.29 is 14.7 Å². The smallest absolute Gasteiger partial charge is 0.402 e. The zero-order chi connectivity index (χ0) is 6.57. The van der Waals surface area contributed by atoms with E-state index in [1.807, 2.05) is 0 Å². The first-order valence-corrected chi connectivity index (χ1v) is 2.25. The van der Waals surface area contributed by atoms with Crippen LogP contribution in [-0.4, -0.2) is 24.0 Å². The van der Waals surface area contributed by atoms with Crippen molar-refractivity contribution in [3.8, 4) is 0 Å². The van der Waals surface area contributed by atoms with Crippen LogP contribution in [0, 0.1) is 0 Å². The minimum Gasteiger partial charge on any atom is -0.402 e. The van der Waals surface area contributed by atoms with Crippen LogP contribution in [0.15, 0.2) is 12.2 Å². The molecule has 0 saturated carbocycles. The summed E-state index contributed by atoms with van der Waals surface area (Å²) in [5, 5.41) is 16.2. The molecule has 0 bridgehead atoms. The van der Waals surface area contributed by atoms with Crippen LogP contribution in [0.3, 0.4) is 0 Å². The predicted molar refractivity (Wildman–Crippen MR) is 31.0 cm³/mol. The van der Waals surface area contributed by atoms with Crippen LogP contribution in [0.2, 0.25) is 0 Å². The third-order valence-electron chi connectivity index (χ3n) is 0.479. The van der Waals surface area contributed by atoms with Crippen molar-refractivity contribution in [1.29, 1.82) is 0 Å². The Morgan fingerprint density at radius 2 is 2.25 bits per heavy atom. The molecular weight excluding hydrogens is 107 g/mol. The highest BCUT2D eigenvalue weighted by Gasteiger charge is 2.06. The Bertz CT molecular complexity index is 81.4. The van der Waals surface area contributed by atoms with E-state index in [-0.39, 0.29) is 6.61 Å². The van der Waals surface area contributed by atoms with Crippen LogP contribution in [0.1, 0.15) is 6.92 Å². The zero-order valence-electron chi connectivity index (χ0n) is 4.79. The lowest BCUT2D eigenvalue weighted by molar-refractivity contribution is 0.202. The normalized spacial score (nSPS) is 8.88. The second-order valence-electron chi connectivity index (χ2n) is 1.59. The summed E-state index contributed by atoms with van der Waals surface area (Å²) in [7, 11) is -1.67. The van der Waals surface area contributed by atoms with Crippen LogP contribution in [0.25, 0.3) is 0 Å². The molecule has 0 aromatic heterocycles. The van der Waals surface area contributed by atoms with Gasteiger partial charge in [-0.25, -0.2) is 0 Å². The van der Waals surface area contributed by atoms with Gasteiger partial charge in [0.25, 0.3) is 0 Å². The zero-order valence-corrected chi connectivity index (χ0v) is 4.79. The molecule has 0 amide bonds. The lowest BCUT2D eigenvalue weighted by Crippen LogP contribution is -2.17. The van der Waals surface area contributed by atoms with Crippen LogP contribution in [0.5, 0.6) is 0 Å². The predicted octanol–water partition coefficient (Wildman–Crippen LogP) is -0.451. The van der Waals surface area contributed by atoms with Gasteiger partial charge in [0.2, 0.25) is 0 Å². The molecule has 8 heavy (non-hydrogen) atoms. The van der Waals surface area contributed by atoms with Gasteiger partial charge in [-0.15, -0.1) is 0 Å². The van der Waals surface area contributed by atoms with Gasteiger partial charge in [0.15, 0.2) is 0 Å². The molecule has 0 saturated heterocycles. The summed E-state index contributed by atoms with van der Waals surface area (Å²) in [6, 6.07) is 0. The van der Waals surface area contributed by atoms with E-state index in [1.54, 1.807) is 6.92 Å². The van der Waals surface area contributed by atoms with Crippen molar-refractivity contribution in [3.05, 3.63) is 12.2 Å². The third-order valence-corrected chi connectivity index (χ3v) is 0.479. The SMILES string of the molecule is C=C(C)COB(O)O. The van der Waals surface area contributed by atoms with Gasteiger partial charge in [-0.3, -0.25) is 0 Å². The second-order valence-corrected chi connectivity index (χ2v) is 1.59. The van der Waals surface area contributed by atoms with Crippen molar-refractivity contribution in [3.63, 3.8) is 0 Å². The summed E-state index contributed by atoms with van der Waals surface area (Å²) >= 11 is 0. The maximum absolute atomic E-state index is 8.09. The molecule has 3 nitrogen and oxygen atoms in total. The topological polar surface area (TPSA) is 49.7 Å². The van der Waals surface area contributed by atoms with Gasteiger partial charge in [0.05, 0.1) is 6.61 Å². The summed E-state index contributed by atoms with van der Waals surface area (Å²) in [6.45, 7) is 5.41. The van der Waals surface area contributed by atoms with Gasteiger partial charge in [-0.2, -0.15) is 0 Å². The molecule has 0 aliphatic heterocycles. The fourth-order valence-corrected chi connectivity index (χ4v) is 0.217. The van der Waals surface area contributed by atoms with Gasteiger partial charge >= 0.3 is 7.32 Å². The van der Waals surface area contributed by atoms with Crippen molar-refractivity contribution in [1.82, 2.24) is 0 Å². The van der Waals surface area contributed by atoms with E-state index in [9.17, 15) is 0 Å². The molecule has 0 fully saturated rings. The molecule has 0 aliphatic carbocycles. The van der Waals surface area contributed by atoms with Crippen molar-refractivity contribution in [2.45, 2.75) is 6.92 Å². The molecule has 0 radical (unpaired) electrons. The largest absolute Gasteiger partial charge is 0.634 e. The van der Waals surface area contributed by atoms with E-state index < -0.39 is 7.32 Å². The Balaban J connectivity index is 3.05. The Morgan fingerprint density at radius 1 is 1.75 bits per heavy atom. The van der Waals surface area contributed by atoms with Crippen LogP contribution < -0.4 is 0 Å². The van der Waals surface area contributed by atoms with E-state index in [4.69, 9.17) is 10.0 Å². The molecule has 0 rings (SSSR count). The van der Waals surface area contributed by atoms with Crippen molar-refractivity contribution >= 4 is 7.32 Å². The molecule has 0 unspecified atom stereocenters. The molecule has 0 aromatic rings. The lowest BCUT2D eigenvalue weighted by Gasteiger charge is -1.98. The molecule has 46 valence electrons. The quantitative estimate of drug-likeness (QED) is 0.387. The number of rotatable bonds is 3. The average Bonchev–Trinajstić information content (AvgIpc) is 1.61. The summed E-state index contributed by atoms with van der Waals surface area (Å²) in [5.74, 6) is 0. The van der Waals surface area contributed by atoms with Gasteiger partial charge in [-0.1, -0.05) is 12.2 Å². The van der Waals surface area contributed by atoms with Crippen LogP contribution in [0.4, 0.5) is 0 Å². The Kier molecular flexibility index (Phi) is 3.51. The molecule has 0 aliphatic rings. The van der Waals surface area contributed by atoms with E-state index in [0.29, 0.717) is 0 Å². The average molecular weight is 116 g/mol. The fraction of sp³-hybridized carbons (Fsp3) is 0.500. The van der Waals surface area contributed by atoms with Gasteiger partial charge in [-0.05, 0) is 6.92 Å². The highest BCUT2D eigenvalue weighted by molar-refractivity contribution is 6.32. The molecule has 4 heteroatoms. The Morgan fingerprint density at radius 3 is 2.38 bits per heavy atom. The first-order valence-electron chi connectivity index (χ1n) is 2.25. The summed E-state index contributed by atoms with van der Waals surface area (Å²) in [4.78, 5) is 0. The highest BCUT2D eigenvalue weighted by Crippen LogP contribution is 1.86. The highest BCUT2D eigenvalue weighted by atomic mass is 16.6. The Labute approximate surface area is 48.8 Å². The number of hydrogen-bond acceptors (Lipinski definition) is 3. The van der Waals surface area contributed by atoms with Crippen LogP contribution in [-0.2, 0) is 4.65 Å². The monoisotopic (exact) mass is 116 g/mol. The van der Waals surface area contributed by atoms with Gasteiger partial charge < -0.3 is 14.7 Å². The summed E-state index contributed by atoms with van der Waals surface area (Å²) in [6.07, 6.45) is 0. The summed E-state index contributed by atoms with van der Waals surface area (Å²) in [5.41, 5.74) is 0.762. The van der Waals surface area contributed by atoms with Crippen molar-refractivity contribution in [2.75, 3.05) is 6.61 Å². The minimum absolute atomic E-state index is 0.192. The molecule has 0 spiro atoms. The molecular formula is C4H9BO3. The number of hydrogen-bond donors (Lipinski definition) is 2. The van der Waals surface area contributed by atoms with E-state index in [2.05, 4.69) is 11.2 Å². The van der Waals surface area contributed by atoms with Crippen LogP contribution >= 0.6 is 0 Å². The van der Waals surface area contributed by atoms with E-state index >= 15 is 0 Å². The molecule has 0 heterocycles. The second kappa shape index (κ2) is 3.66. The van der Waals surface area contributed by atoms with Gasteiger partial charge in [0, 0.05) is 0 Å². The fourth-order valence-electron chi connectivity index (χ4n) is 0.217. The first kappa shape index (κ1) is 7.68. The van der Waals surface area contributed by atoms with E-state index in [0.717, 1.165) is 5.57 Å². The van der Waals surface area contributed by atoms with E-state index in [1.165, 1.54) is 0 Å². The maximum Gasteiger partial charge on any atom is 0.634 e. The molecule has 0 aromatic carbocycles. The molecule has 0 atom stereocenters. The molecule has 2 N–H and O–H groups in total. The maximum atomic E-state index is 8.09. The standard InChI is InChI=1S/C4H9BO3/c1-4(2)3-8-5(6)7/h6-7H,1,3H2,2H3. The van der Waals surface area contributed by atoms with Gasteiger partial charge in [0.1, 0.15) is 0 Å². The lowest BCUT2D eigenvalue weighted by atomic mass is 10.2. The first-order chi connectivity index (χ1) is 3.63. The summed E-state index contributed by atoms with van der Waals surface area (Å²) < 4.78 is 4.31. The minimum atomic E-state index is -1.67. The Hall–Kier alpha value is -0.315. The van der Waals surface area contributed by atoms with Crippen molar-refractivity contribution in [2.24, 2.45) is 0 Å².